The van der Waals surface area contributed by atoms with E-state index in [1.165, 1.54) is 21.1 Å². The molecule has 0 bridgehead atoms. The molecule has 2 aromatic carbocycles. The highest BCUT2D eigenvalue weighted by Gasteiger charge is 2.04. The van der Waals surface area contributed by atoms with Crippen LogP contribution in [0, 0.1) is 0 Å². The summed E-state index contributed by atoms with van der Waals surface area (Å²) in [6.07, 6.45) is 4.52. The molecule has 124 valence electrons. The Morgan fingerprint density at radius 2 is 1.70 bits per heavy atom. The summed E-state index contributed by atoms with van der Waals surface area (Å²) in [4.78, 5) is 10.7. The molecule has 0 radical (unpaired) electrons. The van der Waals surface area contributed by atoms with E-state index in [0.717, 1.165) is 28.2 Å². The maximum absolute atomic E-state index is 10.7. The highest BCUT2D eigenvalue weighted by Crippen LogP contribution is 2.28. The number of carbonyl (C=O) groups excluding carboxylic acids is 1. The fourth-order valence-electron chi connectivity index (χ4n) is 2.03. The Kier molecular flexibility index (Phi) is 10.7. The van der Waals surface area contributed by atoms with Crippen molar-refractivity contribution in [2.45, 2.75) is 0 Å². The van der Waals surface area contributed by atoms with Crippen molar-refractivity contribution in [2.24, 2.45) is 17.2 Å². The Labute approximate surface area is 136 Å². The van der Waals surface area contributed by atoms with Gasteiger partial charge in [0.05, 0.1) is 6.20 Å². The number of aldehydes is 1. The molecule has 0 aliphatic heterocycles. The summed E-state index contributed by atoms with van der Waals surface area (Å²) < 4.78 is 0. The van der Waals surface area contributed by atoms with E-state index >= 15 is 0 Å². The second-order valence-electron chi connectivity index (χ2n) is 3.89. The number of fused-ring (bicyclic) bond motifs is 1. The lowest BCUT2D eigenvalue weighted by Gasteiger charge is -2.04. The van der Waals surface area contributed by atoms with Gasteiger partial charge in [0.25, 0.3) is 0 Å². The number of benzene rings is 2. The Morgan fingerprint density at radius 1 is 1.00 bits per heavy atom. The zero-order valence-corrected chi connectivity index (χ0v) is 13.8. The smallest absolute Gasteiger partial charge is 0.150 e. The number of nitrogens with one attached hydrogen (secondary N) is 1. The first-order chi connectivity index (χ1) is 11.4. The standard InChI is InChI=1S/C14H10N2O.3CH5N/c17-9-10-4-5-14-11(6-10)2-1-3-13(14)12-7-15-16-8-12;3*1-2/h1-9H,(H,15,16);3*2H2,1H3. The molecule has 0 aliphatic carbocycles. The fraction of sp³-hybridized carbons (Fsp3) is 0.176. The molecule has 0 aliphatic rings. The molecule has 3 rings (SSSR count). The van der Waals surface area contributed by atoms with E-state index < -0.39 is 0 Å². The van der Waals surface area contributed by atoms with Crippen molar-refractivity contribution in [3.05, 3.63) is 54.4 Å². The van der Waals surface area contributed by atoms with Gasteiger partial charge < -0.3 is 17.2 Å². The van der Waals surface area contributed by atoms with Crippen LogP contribution in [0.25, 0.3) is 21.9 Å². The molecule has 6 heteroatoms. The second kappa shape index (κ2) is 12.0. The van der Waals surface area contributed by atoms with Crippen molar-refractivity contribution >= 4 is 17.1 Å². The first-order valence-corrected chi connectivity index (χ1v) is 7.09. The number of hydrogen-bond donors (Lipinski definition) is 4. The van der Waals surface area contributed by atoms with Gasteiger partial charge in [0, 0.05) is 17.3 Å². The van der Waals surface area contributed by atoms with E-state index in [0.29, 0.717) is 5.56 Å². The second-order valence-corrected chi connectivity index (χ2v) is 3.89. The van der Waals surface area contributed by atoms with Crippen molar-refractivity contribution < 1.29 is 4.79 Å². The minimum Gasteiger partial charge on any atom is -0.333 e. The lowest BCUT2D eigenvalue weighted by Crippen LogP contribution is -1.83. The van der Waals surface area contributed by atoms with Gasteiger partial charge in [0.15, 0.2) is 0 Å². The molecule has 0 spiro atoms. The number of nitrogens with two attached hydrogens (primary N) is 3. The average molecular weight is 315 g/mol. The van der Waals surface area contributed by atoms with Crippen LogP contribution in [0.15, 0.2) is 48.8 Å². The van der Waals surface area contributed by atoms with Crippen LogP contribution in [0.1, 0.15) is 10.4 Å². The number of hydrogen-bond acceptors (Lipinski definition) is 5. The van der Waals surface area contributed by atoms with Gasteiger partial charge in [-0.05, 0) is 43.5 Å². The monoisotopic (exact) mass is 315 g/mol. The highest BCUT2D eigenvalue weighted by atomic mass is 16.1. The van der Waals surface area contributed by atoms with Gasteiger partial charge in [-0.1, -0.05) is 30.3 Å². The topological polar surface area (TPSA) is 124 Å². The van der Waals surface area contributed by atoms with Gasteiger partial charge in [-0.15, -0.1) is 0 Å². The van der Waals surface area contributed by atoms with Crippen molar-refractivity contribution in [3.63, 3.8) is 0 Å². The minimum atomic E-state index is 0.696. The van der Waals surface area contributed by atoms with E-state index in [2.05, 4.69) is 27.4 Å². The molecule has 6 nitrogen and oxygen atoms in total. The molecule has 0 fully saturated rings. The Bertz CT molecular complexity index is 681. The molecule has 0 unspecified atom stereocenters. The van der Waals surface area contributed by atoms with Crippen LogP contribution in [0.5, 0.6) is 0 Å². The van der Waals surface area contributed by atoms with Crippen molar-refractivity contribution in [2.75, 3.05) is 21.1 Å². The van der Waals surface area contributed by atoms with Gasteiger partial charge in [-0.3, -0.25) is 9.89 Å². The SMILES string of the molecule is CN.CN.CN.O=Cc1ccc2c(-c3cn[nH]c3)cccc2c1. The number of H-pyrrole nitrogens is 1. The predicted molar refractivity (Wildman–Crippen MR) is 97.3 cm³/mol. The lowest BCUT2D eigenvalue weighted by molar-refractivity contribution is 0.112. The maximum Gasteiger partial charge on any atom is 0.150 e. The van der Waals surface area contributed by atoms with Crippen LogP contribution < -0.4 is 17.2 Å². The quantitative estimate of drug-likeness (QED) is 0.536. The minimum absolute atomic E-state index is 0.696. The van der Waals surface area contributed by atoms with E-state index in [4.69, 9.17) is 0 Å². The van der Waals surface area contributed by atoms with Gasteiger partial charge in [0.2, 0.25) is 0 Å². The average Bonchev–Trinajstić information content (AvgIpc) is 3.20. The van der Waals surface area contributed by atoms with Crippen LogP contribution >= 0.6 is 0 Å². The van der Waals surface area contributed by atoms with Gasteiger partial charge in [-0.2, -0.15) is 5.10 Å². The van der Waals surface area contributed by atoms with Crippen LogP contribution in [-0.4, -0.2) is 37.6 Å². The van der Waals surface area contributed by atoms with Crippen LogP contribution in [0.4, 0.5) is 0 Å². The number of aromatic nitrogens is 2. The molecule has 1 heterocycles. The molecule has 0 saturated carbocycles. The third-order valence-corrected chi connectivity index (χ3v) is 2.85. The highest BCUT2D eigenvalue weighted by molar-refractivity contribution is 5.98. The Balaban J connectivity index is 0.000000728. The molecule has 7 N–H and O–H groups in total. The largest absolute Gasteiger partial charge is 0.333 e. The Hall–Kier alpha value is -2.54. The van der Waals surface area contributed by atoms with Crippen LogP contribution in [0.3, 0.4) is 0 Å². The van der Waals surface area contributed by atoms with Crippen molar-refractivity contribution in [1.29, 1.82) is 0 Å². The molecular formula is C17H25N5O. The molecule has 0 atom stereocenters. The summed E-state index contributed by atoms with van der Waals surface area (Å²) in [6, 6.07) is 11.7. The summed E-state index contributed by atoms with van der Waals surface area (Å²) in [5.41, 5.74) is 16.4. The summed E-state index contributed by atoms with van der Waals surface area (Å²) >= 11 is 0. The van der Waals surface area contributed by atoms with Crippen LogP contribution in [-0.2, 0) is 0 Å². The fourth-order valence-corrected chi connectivity index (χ4v) is 2.03. The van der Waals surface area contributed by atoms with Crippen molar-refractivity contribution in [1.82, 2.24) is 10.2 Å². The number of nitrogens with zero attached hydrogens (tertiary/aromatic N) is 1. The van der Waals surface area contributed by atoms with Crippen LogP contribution in [0.2, 0.25) is 0 Å². The summed E-state index contributed by atoms with van der Waals surface area (Å²) in [7, 11) is 4.50. The van der Waals surface area contributed by atoms with Crippen molar-refractivity contribution in [3.8, 4) is 11.1 Å². The van der Waals surface area contributed by atoms with Gasteiger partial charge >= 0.3 is 0 Å². The first-order valence-electron chi connectivity index (χ1n) is 7.09. The number of rotatable bonds is 2. The lowest BCUT2D eigenvalue weighted by atomic mass is 9.99. The zero-order valence-electron chi connectivity index (χ0n) is 13.8. The molecule has 23 heavy (non-hydrogen) atoms. The zero-order chi connectivity index (χ0) is 17.7. The summed E-state index contributed by atoms with van der Waals surface area (Å²) in [5.74, 6) is 0. The van der Waals surface area contributed by atoms with E-state index in [1.807, 2.05) is 42.6 Å². The Morgan fingerprint density at radius 3 is 2.26 bits per heavy atom. The predicted octanol–water partition coefficient (Wildman–Crippen LogP) is 1.77. The van der Waals surface area contributed by atoms with Gasteiger partial charge in [0.1, 0.15) is 6.29 Å². The molecule has 0 saturated heterocycles. The molecule has 0 amide bonds. The summed E-state index contributed by atoms with van der Waals surface area (Å²) in [6.45, 7) is 0. The number of carbonyl (C=O) groups is 1. The van der Waals surface area contributed by atoms with Gasteiger partial charge in [-0.25, -0.2) is 0 Å². The molecule has 3 aromatic rings. The summed E-state index contributed by atoms with van der Waals surface area (Å²) in [5, 5.41) is 8.95. The third kappa shape index (κ3) is 5.30. The van der Waals surface area contributed by atoms with E-state index in [1.54, 1.807) is 6.20 Å². The first kappa shape index (κ1) is 20.5. The third-order valence-electron chi connectivity index (χ3n) is 2.85. The normalized spacial score (nSPS) is 8.61. The number of aromatic amines is 1. The van der Waals surface area contributed by atoms with E-state index in [-0.39, 0.29) is 0 Å². The molecule has 1 aromatic heterocycles. The molecular weight excluding hydrogens is 290 g/mol. The maximum atomic E-state index is 10.7. The van der Waals surface area contributed by atoms with E-state index in [9.17, 15) is 4.79 Å².